The number of amides is 1. The number of anilines is 3. The van der Waals surface area contributed by atoms with Crippen LogP contribution < -0.4 is 15.4 Å². The standard InChI is InChI=1S/C25H24BrN5O4/c1-2-5-23(32)30-21-13-19-20(27-16-28-25(19)29-18-7-3-6-17(26)12-18)14-22(21)34-10-4-8-31-9-11-35-24(33)15-31/h3,6-7,12-14,16H,4,8-11,15H2,1H3,(H,30,32)(H,27,28,29). The number of nitrogens with zero attached hydrogens (tertiary/aromatic N) is 3. The zero-order chi connectivity index (χ0) is 24.6. The molecule has 2 N–H and O–H groups in total. The summed E-state index contributed by atoms with van der Waals surface area (Å²) < 4.78 is 11.9. The molecule has 1 aliphatic rings. The molecule has 3 aromatic rings. The Labute approximate surface area is 211 Å². The van der Waals surface area contributed by atoms with Gasteiger partial charge in [-0.25, -0.2) is 9.97 Å². The molecule has 9 nitrogen and oxygen atoms in total. The molecule has 10 heteroatoms. The minimum Gasteiger partial charge on any atom is -0.491 e. The number of cyclic esters (lactones) is 1. The number of morpholine rings is 1. The van der Waals surface area contributed by atoms with Crippen LogP contribution in [0.1, 0.15) is 13.3 Å². The average Bonchev–Trinajstić information content (AvgIpc) is 2.83. The Morgan fingerprint density at radius 1 is 1.29 bits per heavy atom. The molecule has 0 atom stereocenters. The molecule has 0 aliphatic carbocycles. The second-order valence-corrected chi connectivity index (χ2v) is 8.67. The Hall–Kier alpha value is -3.68. The fourth-order valence-electron chi connectivity index (χ4n) is 3.63. The highest BCUT2D eigenvalue weighted by Gasteiger charge is 2.18. The molecule has 4 rings (SSSR count). The molecular formula is C25H24BrN5O4. The van der Waals surface area contributed by atoms with E-state index in [0.29, 0.717) is 60.9 Å². The van der Waals surface area contributed by atoms with Crippen molar-refractivity contribution in [3.05, 3.63) is 47.2 Å². The topological polar surface area (TPSA) is 106 Å². The summed E-state index contributed by atoms with van der Waals surface area (Å²) in [5, 5.41) is 6.81. The number of halogens is 1. The van der Waals surface area contributed by atoms with Crippen LogP contribution in [0.5, 0.6) is 5.75 Å². The minimum absolute atomic E-state index is 0.208. The van der Waals surface area contributed by atoms with Gasteiger partial charge in [-0.05, 0) is 43.5 Å². The van der Waals surface area contributed by atoms with Crippen molar-refractivity contribution in [1.29, 1.82) is 0 Å². The smallest absolute Gasteiger partial charge is 0.320 e. The van der Waals surface area contributed by atoms with Crippen LogP contribution >= 0.6 is 15.9 Å². The molecule has 0 bridgehead atoms. The number of nitrogens with one attached hydrogen (secondary N) is 2. The molecule has 1 aromatic heterocycles. The normalized spacial score (nSPS) is 13.5. The first-order valence-electron chi connectivity index (χ1n) is 11.1. The summed E-state index contributed by atoms with van der Waals surface area (Å²) in [5.41, 5.74) is 1.98. The number of carbonyl (C=O) groups excluding carboxylic acids is 2. The zero-order valence-electron chi connectivity index (χ0n) is 19.1. The minimum atomic E-state index is -0.443. The largest absolute Gasteiger partial charge is 0.491 e. The number of aromatic nitrogens is 2. The summed E-state index contributed by atoms with van der Waals surface area (Å²) in [6, 6.07) is 11.3. The number of hydrogen-bond donors (Lipinski definition) is 2. The van der Waals surface area contributed by atoms with Crippen molar-refractivity contribution in [2.75, 3.05) is 43.5 Å². The van der Waals surface area contributed by atoms with E-state index in [9.17, 15) is 9.59 Å². The maximum Gasteiger partial charge on any atom is 0.320 e. The van der Waals surface area contributed by atoms with Crippen LogP contribution in [-0.4, -0.2) is 59.6 Å². The summed E-state index contributed by atoms with van der Waals surface area (Å²) in [6.45, 7) is 4.11. The van der Waals surface area contributed by atoms with E-state index in [0.717, 1.165) is 10.2 Å². The molecule has 35 heavy (non-hydrogen) atoms. The highest BCUT2D eigenvalue weighted by molar-refractivity contribution is 9.10. The third-order valence-electron chi connectivity index (χ3n) is 5.21. The molecular weight excluding hydrogens is 514 g/mol. The van der Waals surface area contributed by atoms with Gasteiger partial charge in [-0.2, -0.15) is 0 Å². The van der Waals surface area contributed by atoms with Crippen LogP contribution in [0.15, 0.2) is 47.2 Å². The van der Waals surface area contributed by atoms with Crippen molar-refractivity contribution in [3.8, 4) is 17.6 Å². The van der Waals surface area contributed by atoms with E-state index in [4.69, 9.17) is 9.47 Å². The van der Waals surface area contributed by atoms with E-state index >= 15 is 0 Å². The average molecular weight is 538 g/mol. The molecule has 0 unspecified atom stereocenters. The van der Waals surface area contributed by atoms with Gasteiger partial charge in [0.05, 0.1) is 24.4 Å². The summed E-state index contributed by atoms with van der Waals surface area (Å²) in [4.78, 5) is 34.5. The van der Waals surface area contributed by atoms with Gasteiger partial charge in [0.1, 0.15) is 24.5 Å². The van der Waals surface area contributed by atoms with Gasteiger partial charge in [0.25, 0.3) is 5.91 Å². The number of fused-ring (bicyclic) bond motifs is 1. The van der Waals surface area contributed by atoms with Crippen LogP contribution in [0.25, 0.3) is 10.9 Å². The predicted molar refractivity (Wildman–Crippen MR) is 137 cm³/mol. The highest BCUT2D eigenvalue weighted by atomic mass is 79.9. The van der Waals surface area contributed by atoms with Crippen LogP contribution in [-0.2, 0) is 14.3 Å². The van der Waals surface area contributed by atoms with Crippen molar-refractivity contribution >= 4 is 55.9 Å². The van der Waals surface area contributed by atoms with Gasteiger partial charge < -0.3 is 20.1 Å². The number of hydrogen-bond acceptors (Lipinski definition) is 8. The first-order valence-corrected chi connectivity index (χ1v) is 11.9. The Kier molecular flexibility index (Phi) is 8.13. The third-order valence-corrected chi connectivity index (χ3v) is 5.70. The van der Waals surface area contributed by atoms with Gasteiger partial charge in [-0.3, -0.25) is 14.5 Å². The SMILES string of the molecule is CC#CC(=O)Nc1cc2c(Nc3cccc(Br)c3)ncnc2cc1OCCCN1CCOC(=O)C1. The molecule has 2 heterocycles. The molecule has 0 radical (unpaired) electrons. The summed E-state index contributed by atoms with van der Waals surface area (Å²) in [6.07, 6.45) is 2.18. The number of rotatable bonds is 8. The van der Waals surface area contributed by atoms with Crippen molar-refractivity contribution in [1.82, 2.24) is 14.9 Å². The Morgan fingerprint density at radius 2 is 2.17 bits per heavy atom. The van der Waals surface area contributed by atoms with Crippen molar-refractivity contribution in [3.63, 3.8) is 0 Å². The lowest BCUT2D eigenvalue weighted by atomic mass is 10.1. The van der Waals surface area contributed by atoms with Crippen LogP contribution in [0.4, 0.5) is 17.2 Å². The summed E-state index contributed by atoms with van der Waals surface area (Å²) in [7, 11) is 0. The quantitative estimate of drug-likeness (QED) is 0.254. The Balaban J connectivity index is 1.55. The second kappa shape index (κ2) is 11.6. The molecule has 0 saturated carbocycles. The third kappa shape index (κ3) is 6.68. The molecule has 0 spiro atoms. The molecule has 1 aliphatic heterocycles. The van der Waals surface area contributed by atoms with E-state index in [1.807, 2.05) is 29.2 Å². The lowest BCUT2D eigenvalue weighted by Gasteiger charge is -2.25. The predicted octanol–water partition coefficient (Wildman–Crippen LogP) is 3.73. The maximum atomic E-state index is 12.2. The fourth-order valence-corrected chi connectivity index (χ4v) is 4.03. The second-order valence-electron chi connectivity index (χ2n) is 7.75. The zero-order valence-corrected chi connectivity index (χ0v) is 20.7. The lowest BCUT2D eigenvalue weighted by molar-refractivity contribution is -0.150. The molecule has 2 aromatic carbocycles. The highest BCUT2D eigenvalue weighted by Crippen LogP contribution is 2.33. The first kappa shape index (κ1) is 24.4. The van der Waals surface area contributed by atoms with Crippen LogP contribution in [0.2, 0.25) is 0 Å². The molecule has 180 valence electrons. The van der Waals surface area contributed by atoms with Gasteiger partial charge in [-0.1, -0.05) is 27.9 Å². The van der Waals surface area contributed by atoms with E-state index in [-0.39, 0.29) is 12.5 Å². The first-order chi connectivity index (χ1) is 17.0. The monoisotopic (exact) mass is 537 g/mol. The van der Waals surface area contributed by atoms with Gasteiger partial charge >= 0.3 is 5.97 Å². The van der Waals surface area contributed by atoms with E-state index in [2.05, 4.69) is 48.4 Å². The molecule has 1 fully saturated rings. The Morgan fingerprint density at radius 3 is 2.97 bits per heavy atom. The van der Waals surface area contributed by atoms with E-state index in [1.165, 1.54) is 6.33 Å². The summed E-state index contributed by atoms with van der Waals surface area (Å²) >= 11 is 3.47. The molecule has 1 amide bonds. The van der Waals surface area contributed by atoms with Crippen molar-refractivity contribution in [2.24, 2.45) is 0 Å². The van der Waals surface area contributed by atoms with Crippen molar-refractivity contribution < 1.29 is 19.1 Å². The lowest BCUT2D eigenvalue weighted by Crippen LogP contribution is -2.40. The van der Waals surface area contributed by atoms with Gasteiger partial charge in [0.15, 0.2) is 0 Å². The van der Waals surface area contributed by atoms with Gasteiger partial charge in [0, 0.05) is 34.7 Å². The van der Waals surface area contributed by atoms with E-state index < -0.39 is 5.91 Å². The number of esters is 1. The molecule has 1 saturated heterocycles. The Bertz CT molecular complexity index is 1300. The van der Waals surface area contributed by atoms with Crippen molar-refractivity contribution in [2.45, 2.75) is 13.3 Å². The van der Waals surface area contributed by atoms with Gasteiger partial charge in [0.2, 0.25) is 0 Å². The number of ether oxygens (including phenoxy) is 2. The fraction of sp³-hybridized carbons (Fsp3) is 0.280. The van der Waals surface area contributed by atoms with E-state index in [1.54, 1.807) is 19.1 Å². The van der Waals surface area contributed by atoms with Gasteiger partial charge in [-0.15, -0.1) is 0 Å². The maximum absolute atomic E-state index is 12.2. The number of carbonyl (C=O) groups is 2. The van der Waals surface area contributed by atoms with Crippen LogP contribution in [0.3, 0.4) is 0 Å². The summed E-state index contributed by atoms with van der Waals surface area (Å²) in [5.74, 6) is 5.51. The van der Waals surface area contributed by atoms with Crippen LogP contribution in [0, 0.1) is 11.8 Å². The number of benzene rings is 2.